The molecule has 0 aliphatic rings. The minimum atomic E-state index is -4.55. The molecule has 1 aromatic rings. The molecule has 0 heterocycles. The summed E-state index contributed by atoms with van der Waals surface area (Å²) in [6.45, 7) is 0. The van der Waals surface area contributed by atoms with Gasteiger partial charge in [0.05, 0.1) is 18.2 Å². The molecule has 19 heavy (non-hydrogen) atoms. The number of halogens is 4. The highest BCUT2D eigenvalue weighted by Gasteiger charge is 2.31. The monoisotopic (exact) mass is 309 g/mol. The van der Waals surface area contributed by atoms with Gasteiger partial charge in [-0.05, 0) is 29.5 Å². The fourth-order valence-corrected chi connectivity index (χ4v) is 2.19. The number of rotatable bonds is 3. The molecule has 102 valence electrons. The molecule has 0 saturated carbocycles. The van der Waals surface area contributed by atoms with Gasteiger partial charge in [0, 0.05) is 10.8 Å². The number of ether oxygens (including phenoxy) is 1. The Morgan fingerprint density at radius 1 is 1.53 bits per heavy atom. The van der Waals surface area contributed by atoms with Crippen LogP contribution in [-0.4, -0.2) is 18.6 Å². The summed E-state index contributed by atoms with van der Waals surface area (Å²) in [7, 11) is 1.11. The van der Waals surface area contributed by atoms with Crippen molar-refractivity contribution in [3.8, 4) is 6.07 Å². The van der Waals surface area contributed by atoms with Crippen LogP contribution in [0.5, 0.6) is 0 Å². The van der Waals surface area contributed by atoms with Gasteiger partial charge in [0.15, 0.2) is 0 Å². The van der Waals surface area contributed by atoms with E-state index in [1.807, 2.05) is 0 Å². The van der Waals surface area contributed by atoms with Crippen LogP contribution in [0.4, 0.5) is 13.2 Å². The van der Waals surface area contributed by atoms with Gasteiger partial charge in [0.2, 0.25) is 0 Å². The smallest absolute Gasteiger partial charge is 0.446 e. The molecule has 0 saturated heterocycles. The number of nitrogens with zero attached hydrogens (tertiary/aromatic N) is 1. The largest absolute Gasteiger partial charge is 0.465 e. The number of thioether (sulfide) groups is 1. The van der Waals surface area contributed by atoms with Crippen molar-refractivity contribution in [1.82, 2.24) is 0 Å². The second kappa shape index (κ2) is 6.17. The molecular formula is C11H7ClF3NO2S. The molecule has 0 unspecified atom stereocenters. The molecule has 8 heteroatoms. The van der Waals surface area contributed by atoms with Crippen LogP contribution >= 0.6 is 23.4 Å². The Morgan fingerprint density at radius 2 is 2.16 bits per heavy atom. The highest BCUT2D eigenvalue weighted by molar-refractivity contribution is 8.00. The molecule has 1 aromatic carbocycles. The minimum absolute atomic E-state index is 0.0803. The van der Waals surface area contributed by atoms with Crippen molar-refractivity contribution in [3.05, 3.63) is 28.8 Å². The lowest BCUT2D eigenvalue weighted by molar-refractivity contribution is -0.0328. The second-order valence-electron chi connectivity index (χ2n) is 3.29. The van der Waals surface area contributed by atoms with Crippen LogP contribution in [0.3, 0.4) is 0 Å². The summed E-state index contributed by atoms with van der Waals surface area (Å²) in [5, 5.41) is 8.83. The van der Waals surface area contributed by atoms with Crippen molar-refractivity contribution in [3.63, 3.8) is 0 Å². The first-order valence-corrected chi connectivity index (χ1v) is 6.14. The number of hydrogen-bond donors (Lipinski definition) is 0. The van der Waals surface area contributed by atoms with Crippen molar-refractivity contribution < 1.29 is 22.7 Å². The van der Waals surface area contributed by atoms with E-state index < -0.39 is 23.2 Å². The summed E-state index contributed by atoms with van der Waals surface area (Å²) >= 11 is 5.14. The standard InChI is InChI=1S/C11H7ClF3NO2S/c1-18-10(17)8-3-9(19-11(13,14)15)7(5-16)2-6(8)4-12/h2-3H,4H2,1H3. The number of nitriles is 1. The van der Waals surface area contributed by atoms with Crippen molar-refractivity contribution in [2.75, 3.05) is 7.11 Å². The molecule has 0 bridgehead atoms. The quantitative estimate of drug-likeness (QED) is 0.485. The van der Waals surface area contributed by atoms with Gasteiger partial charge >= 0.3 is 11.5 Å². The zero-order valence-electron chi connectivity index (χ0n) is 9.55. The van der Waals surface area contributed by atoms with Crippen LogP contribution in [-0.2, 0) is 10.6 Å². The third-order valence-electron chi connectivity index (χ3n) is 2.10. The van der Waals surface area contributed by atoms with Crippen molar-refractivity contribution in [1.29, 1.82) is 5.26 Å². The molecule has 0 aromatic heterocycles. The van der Waals surface area contributed by atoms with Crippen LogP contribution < -0.4 is 0 Å². The highest BCUT2D eigenvalue weighted by atomic mass is 35.5. The number of hydrogen-bond acceptors (Lipinski definition) is 4. The Bertz CT molecular complexity index is 540. The molecule has 0 aliphatic heterocycles. The van der Waals surface area contributed by atoms with E-state index in [9.17, 15) is 18.0 Å². The molecule has 0 spiro atoms. The molecule has 0 atom stereocenters. The molecule has 0 N–H and O–H groups in total. The maximum Gasteiger partial charge on any atom is 0.446 e. The van der Waals surface area contributed by atoms with Crippen LogP contribution in [0.25, 0.3) is 0 Å². The lowest BCUT2D eigenvalue weighted by Gasteiger charge is -2.11. The van der Waals surface area contributed by atoms with Crippen LogP contribution in [0.1, 0.15) is 21.5 Å². The normalized spacial score (nSPS) is 10.9. The van der Waals surface area contributed by atoms with E-state index in [1.165, 1.54) is 0 Å². The van der Waals surface area contributed by atoms with Crippen LogP contribution in [0.15, 0.2) is 17.0 Å². The number of esters is 1. The number of carbonyl (C=O) groups is 1. The van der Waals surface area contributed by atoms with Gasteiger partial charge in [0.25, 0.3) is 0 Å². The lowest BCUT2D eigenvalue weighted by atomic mass is 10.1. The highest BCUT2D eigenvalue weighted by Crippen LogP contribution is 2.39. The molecule has 1 rings (SSSR count). The summed E-state index contributed by atoms with van der Waals surface area (Å²) in [5.41, 5.74) is -4.58. The predicted molar refractivity (Wildman–Crippen MR) is 64.0 cm³/mol. The van der Waals surface area contributed by atoms with Crippen LogP contribution in [0, 0.1) is 11.3 Å². The van der Waals surface area contributed by atoms with Gasteiger partial charge in [-0.2, -0.15) is 18.4 Å². The SMILES string of the molecule is COC(=O)c1cc(SC(F)(F)F)c(C#N)cc1CCl. The molecule has 0 aliphatic carbocycles. The van der Waals surface area contributed by atoms with Gasteiger partial charge in [-0.3, -0.25) is 0 Å². The molecule has 3 nitrogen and oxygen atoms in total. The van der Waals surface area contributed by atoms with Gasteiger partial charge in [-0.1, -0.05) is 0 Å². The fraction of sp³-hybridized carbons (Fsp3) is 0.273. The van der Waals surface area contributed by atoms with Gasteiger partial charge < -0.3 is 4.74 Å². The minimum Gasteiger partial charge on any atom is -0.465 e. The van der Waals surface area contributed by atoms with Crippen molar-refractivity contribution in [2.45, 2.75) is 16.3 Å². The molecular weight excluding hydrogens is 303 g/mol. The van der Waals surface area contributed by atoms with Crippen molar-refractivity contribution in [2.24, 2.45) is 0 Å². The van der Waals surface area contributed by atoms with E-state index >= 15 is 0 Å². The summed E-state index contributed by atoms with van der Waals surface area (Å²) in [5.74, 6) is -0.917. The summed E-state index contributed by atoms with van der Waals surface area (Å²) in [6.07, 6.45) is 0. The van der Waals surface area contributed by atoms with Gasteiger partial charge in [-0.25, -0.2) is 4.79 Å². The summed E-state index contributed by atoms with van der Waals surface area (Å²) in [4.78, 5) is 11.1. The Balaban J connectivity index is 3.38. The third kappa shape index (κ3) is 4.04. The zero-order valence-corrected chi connectivity index (χ0v) is 11.1. The number of alkyl halides is 4. The first-order chi connectivity index (χ1) is 8.82. The first kappa shape index (κ1) is 15.7. The third-order valence-corrected chi connectivity index (χ3v) is 3.18. The topological polar surface area (TPSA) is 50.1 Å². The maximum absolute atomic E-state index is 12.4. The molecule has 0 radical (unpaired) electrons. The Kier molecular flexibility index (Phi) is 5.09. The van der Waals surface area contributed by atoms with E-state index in [0.717, 1.165) is 19.2 Å². The fourth-order valence-electron chi connectivity index (χ4n) is 1.33. The lowest BCUT2D eigenvalue weighted by Crippen LogP contribution is -2.08. The number of benzene rings is 1. The van der Waals surface area contributed by atoms with E-state index in [2.05, 4.69) is 4.74 Å². The van der Waals surface area contributed by atoms with E-state index in [1.54, 1.807) is 6.07 Å². The molecule has 0 fully saturated rings. The van der Waals surface area contributed by atoms with Gasteiger partial charge in [-0.15, -0.1) is 11.6 Å². The van der Waals surface area contributed by atoms with E-state index in [-0.39, 0.29) is 27.5 Å². The average Bonchev–Trinajstić information content (AvgIpc) is 2.35. The van der Waals surface area contributed by atoms with E-state index in [4.69, 9.17) is 16.9 Å². The summed E-state index contributed by atoms with van der Waals surface area (Å²) < 4.78 is 41.6. The Hall–Kier alpha value is -1.39. The second-order valence-corrected chi connectivity index (χ2v) is 4.66. The molecule has 0 amide bonds. The van der Waals surface area contributed by atoms with Crippen LogP contribution in [0.2, 0.25) is 0 Å². The van der Waals surface area contributed by atoms with E-state index in [0.29, 0.717) is 0 Å². The van der Waals surface area contributed by atoms with Gasteiger partial charge in [0.1, 0.15) is 6.07 Å². The predicted octanol–water partition coefficient (Wildman–Crippen LogP) is 3.70. The first-order valence-electron chi connectivity index (χ1n) is 4.79. The zero-order chi connectivity index (χ0) is 14.6. The van der Waals surface area contributed by atoms with Crippen molar-refractivity contribution >= 4 is 29.3 Å². The average molecular weight is 310 g/mol. The summed E-state index contributed by atoms with van der Waals surface area (Å²) in [6, 6.07) is 3.78. The Morgan fingerprint density at radius 3 is 2.58 bits per heavy atom. The number of carbonyl (C=O) groups excluding carboxylic acids is 1. The Labute approximate surface area is 116 Å². The number of methoxy groups -OCH3 is 1. The maximum atomic E-state index is 12.4.